The number of rotatable bonds is 1. The van der Waals surface area contributed by atoms with E-state index in [-0.39, 0.29) is 6.10 Å². The van der Waals surface area contributed by atoms with Gasteiger partial charge in [-0.25, -0.2) is 9.36 Å². The van der Waals surface area contributed by atoms with Gasteiger partial charge in [-0.2, -0.15) is 0 Å². The minimum atomic E-state index is -0.391. The zero-order chi connectivity index (χ0) is 15.9. The van der Waals surface area contributed by atoms with Crippen molar-refractivity contribution in [2.45, 2.75) is 20.0 Å². The fraction of sp³-hybridized carbons (Fsp3) is 0.167. The van der Waals surface area contributed by atoms with Crippen molar-refractivity contribution in [3.8, 4) is 0 Å². The molecule has 1 aliphatic heterocycles. The molecule has 0 fully saturated rings. The first-order valence-electron chi connectivity index (χ1n) is 7.16. The van der Waals surface area contributed by atoms with Gasteiger partial charge in [-0.05, 0) is 26.0 Å². The highest BCUT2D eigenvalue weighted by atomic mass is 16.6. The lowest BCUT2D eigenvalue weighted by Crippen LogP contribution is -2.19. The van der Waals surface area contributed by atoms with Gasteiger partial charge in [-0.3, -0.25) is 0 Å². The highest BCUT2D eigenvalue weighted by Gasteiger charge is 2.24. The average Bonchev–Trinajstić information content (AvgIpc) is 2.72. The summed E-state index contributed by atoms with van der Waals surface area (Å²) >= 11 is 0. The Kier molecular flexibility index (Phi) is 3.37. The summed E-state index contributed by atoms with van der Waals surface area (Å²) in [4.78, 5) is 12.5. The van der Waals surface area contributed by atoms with Crippen LogP contribution in [0.15, 0.2) is 49.3 Å². The number of ether oxygens (including phenoxy) is 1. The second kappa shape index (κ2) is 5.22. The monoisotopic (exact) mass is 294 g/mol. The van der Waals surface area contributed by atoms with E-state index in [1.54, 1.807) is 10.8 Å². The Morgan fingerprint density at radius 3 is 2.73 bits per heavy atom. The molecule has 0 bridgehead atoms. The second-order valence-electron chi connectivity index (χ2n) is 5.48. The maximum absolute atomic E-state index is 12.5. The van der Waals surface area contributed by atoms with Crippen molar-refractivity contribution in [1.29, 1.82) is 0 Å². The number of hydrogen-bond donors (Lipinski definition) is 1. The molecule has 0 amide bonds. The van der Waals surface area contributed by atoms with Crippen LogP contribution < -0.4 is 5.32 Å². The molecule has 1 aliphatic rings. The molecule has 4 heteroatoms. The van der Waals surface area contributed by atoms with Gasteiger partial charge < -0.3 is 10.1 Å². The summed E-state index contributed by atoms with van der Waals surface area (Å²) in [7, 11) is 0. The van der Waals surface area contributed by atoms with Gasteiger partial charge in [0.15, 0.2) is 0 Å². The number of nitrogens with one attached hydrogen (secondary N) is 1. The molecule has 112 valence electrons. The standard InChI is InChI=1S/C18H18N2O2/c1-11(2)22-18(21)20-15-8-6-5-7-14(15)17-12(3)13(4)19-10-9-16(17)20/h5-11,19H,3-4H2,1-2H3. The molecule has 0 aliphatic carbocycles. The van der Waals surface area contributed by atoms with Crippen LogP contribution in [0.1, 0.15) is 25.1 Å². The van der Waals surface area contributed by atoms with E-state index in [9.17, 15) is 4.79 Å². The Hall–Kier alpha value is -2.75. The third kappa shape index (κ3) is 2.13. The third-order valence-corrected chi connectivity index (χ3v) is 3.60. The molecule has 0 unspecified atom stereocenters. The second-order valence-corrected chi connectivity index (χ2v) is 5.48. The lowest BCUT2D eigenvalue weighted by atomic mass is 10.0. The Labute approximate surface area is 129 Å². The molecule has 22 heavy (non-hydrogen) atoms. The normalized spacial score (nSPS) is 14.0. The molecule has 1 aromatic heterocycles. The Morgan fingerprint density at radius 1 is 1.27 bits per heavy atom. The minimum absolute atomic E-state index is 0.185. The van der Waals surface area contributed by atoms with E-state index in [1.807, 2.05) is 44.2 Å². The molecule has 0 radical (unpaired) electrons. The zero-order valence-corrected chi connectivity index (χ0v) is 12.7. The maximum atomic E-state index is 12.5. The van der Waals surface area contributed by atoms with Gasteiger partial charge in [-0.15, -0.1) is 0 Å². The van der Waals surface area contributed by atoms with Crippen molar-refractivity contribution < 1.29 is 9.53 Å². The van der Waals surface area contributed by atoms with E-state index in [0.717, 1.165) is 33.4 Å². The zero-order valence-electron chi connectivity index (χ0n) is 12.7. The largest absolute Gasteiger partial charge is 0.446 e. The highest BCUT2D eigenvalue weighted by molar-refractivity contribution is 6.04. The number of aromatic nitrogens is 1. The van der Waals surface area contributed by atoms with Crippen LogP contribution in [-0.4, -0.2) is 16.8 Å². The summed E-state index contributed by atoms with van der Waals surface area (Å²) in [6.45, 7) is 11.8. The minimum Gasteiger partial charge on any atom is -0.446 e. The number of fused-ring (bicyclic) bond motifs is 3. The van der Waals surface area contributed by atoms with E-state index < -0.39 is 6.09 Å². The fourth-order valence-electron chi connectivity index (χ4n) is 2.64. The Balaban J connectivity index is 2.33. The van der Waals surface area contributed by atoms with Crippen LogP contribution in [0.25, 0.3) is 22.6 Å². The first-order valence-corrected chi connectivity index (χ1v) is 7.16. The van der Waals surface area contributed by atoms with Gasteiger partial charge in [0.1, 0.15) is 0 Å². The molecule has 0 spiro atoms. The Bertz CT molecular complexity index is 825. The molecule has 2 heterocycles. The number of hydrogen-bond acceptors (Lipinski definition) is 3. The van der Waals surface area contributed by atoms with Gasteiger partial charge in [0.25, 0.3) is 0 Å². The van der Waals surface area contributed by atoms with Crippen LogP contribution in [0, 0.1) is 0 Å². The van der Waals surface area contributed by atoms with E-state index >= 15 is 0 Å². The highest BCUT2D eigenvalue weighted by Crippen LogP contribution is 2.35. The maximum Gasteiger partial charge on any atom is 0.419 e. The molecular formula is C18H18N2O2. The summed E-state index contributed by atoms with van der Waals surface area (Å²) in [5.41, 5.74) is 3.95. The van der Waals surface area contributed by atoms with E-state index in [1.165, 1.54) is 0 Å². The number of nitrogens with zero attached hydrogens (tertiary/aromatic N) is 1. The molecule has 4 nitrogen and oxygen atoms in total. The Morgan fingerprint density at radius 2 is 2.00 bits per heavy atom. The number of benzene rings is 1. The summed E-state index contributed by atoms with van der Waals surface area (Å²) < 4.78 is 6.98. The predicted octanol–water partition coefficient (Wildman–Crippen LogP) is 4.14. The first kappa shape index (κ1) is 14.2. The van der Waals surface area contributed by atoms with Crippen LogP contribution in [0.5, 0.6) is 0 Å². The molecule has 3 rings (SSSR count). The van der Waals surface area contributed by atoms with Gasteiger partial charge in [0.05, 0.1) is 17.3 Å². The smallest absolute Gasteiger partial charge is 0.419 e. The molecule has 0 atom stereocenters. The average molecular weight is 294 g/mol. The van der Waals surface area contributed by atoms with Crippen LogP contribution in [0.3, 0.4) is 0 Å². The molecule has 0 saturated heterocycles. The van der Waals surface area contributed by atoms with Gasteiger partial charge >= 0.3 is 6.09 Å². The van der Waals surface area contributed by atoms with Crippen molar-refractivity contribution in [2.24, 2.45) is 0 Å². The molecule has 1 aromatic carbocycles. The van der Waals surface area contributed by atoms with Crippen LogP contribution >= 0.6 is 0 Å². The van der Waals surface area contributed by atoms with Crippen molar-refractivity contribution in [2.75, 3.05) is 0 Å². The summed E-state index contributed by atoms with van der Waals surface area (Å²) in [6.07, 6.45) is 3.03. The van der Waals surface area contributed by atoms with Crippen molar-refractivity contribution in [1.82, 2.24) is 9.88 Å². The molecule has 2 aromatic rings. The van der Waals surface area contributed by atoms with Crippen LogP contribution in [-0.2, 0) is 4.74 Å². The quantitative estimate of drug-likeness (QED) is 0.859. The van der Waals surface area contributed by atoms with Gasteiger partial charge in [-0.1, -0.05) is 31.4 Å². The van der Waals surface area contributed by atoms with Crippen LogP contribution in [0.4, 0.5) is 4.79 Å². The van der Waals surface area contributed by atoms with Gasteiger partial charge in [0, 0.05) is 28.4 Å². The summed E-state index contributed by atoms with van der Waals surface area (Å²) in [6, 6.07) is 7.73. The fourth-order valence-corrected chi connectivity index (χ4v) is 2.64. The van der Waals surface area contributed by atoms with Crippen molar-refractivity contribution in [3.63, 3.8) is 0 Å². The van der Waals surface area contributed by atoms with Crippen molar-refractivity contribution >= 4 is 28.6 Å². The number of allylic oxidation sites excluding steroid dienone is 1. The van der Waals surface area contributed by atoms with E-state index in [4.69, 9.17) is 4.74 Å². The first-order chi connectivity index (χ1) is 10.5. The topological polar surface area (TPSA) is 43.3 Å². The number of para-hydroxylation sites is 1. The third-order valence-electron chi connectivity index (χ3n) is 3.60. The van der Waals surface area contributed by atoms with E-state index in [2.05, 4.69) is 18.5 Å². The lowest BCUT2D eigenvalue weighted by Gasteiger charge is -2.11. The number of carbonyl (C=O) groups excluding carboxylic acids is 1. The van der Waals surface area contributed by atoms with Gasteiger partial charge in [0.2, 0.25) is 0 Å². The lowest BCUT2D eigenvalue weighted by molar-refractivity contribution is 0.118. The predicted molar refractivity (Wildman–Crippen MR) is 89.3 cm³/mol. The molecule has 0 saturated carbocycles. The molecule has 1 N–H and O–H groups in total. The molecular weight excluding hydrogens is 276 g/mol. The SMILES string of the molecule is C=C1NC=Cc2c(c3ccccc3n2C(=O)OC(C)C)C1=C. The van der Waals surface area contributed by atoms with Crippen LogP contribution in [0.2, 0.25) is 0 Å². The van der Waals surface area contributed by atoms with E-state index in [0.29, 0.717) is 0 Å². The number of carbonyl (C=O) groups is 1. The summed E-state index contributed by atoms with van der Waals surface area (Å²) in [5.74, 6) is 0. The van der Waals surface area contributed by atoms with Crippen molar-refractivity contribution in [3.05, 3.63) is 60.6 Å². The summed E-state index contributed by atoms with van der Waals surface area (Å²) in [5, 5.41) is 4.02.